The lowest BCUT2D eigenvalue weighted by Gasteiger charge is -2.30. The molecule has 0 bridgehead atoms. The summed E-state index contributed by atoms with van der Waals surface area (Å²) in [6, 6.07) is 0. The second-order valence-corrected chi connectivity index (χ2v) is 4.38. The van der Waals surface area contributed by atoms with Crippen molar-refractivity contribution in [1.82, 2.24) is 0 Å². The molecule has 0 aromatic carbocycles. The van der Waals surface area contributed by atoms with Gasteiger partial charge in [-0.1, -0.05) is 18.9 Å². The van der Waals surface area contributed by atoms with Crippen molar-refractivity contribution in [3.8, 4) is 0 Å². The predicted octanol–water partition coefficient (Wildman–Crippen LogP) is 2.65. The molecule has 1 heteroatoms. The van der Waals surface area contributed by atoms with E-state index in [0.29, 0.717) is 12.0 Å². The Kier molecular flexibility index (Phi) is 2.22. The molecule has 12 heavy (non-hydrogen) atoms. The molecule has 0 amide bonds. The van der Waals surface area contributed by atoms with Crippen molar-refractivity contribution in [1.29, 1.82) is 0 Å². The molecule has 0 aliphatic heterocycles. The first-order valence-corrected chi connectivity index (χ1v) is 5.16. The van der Waals surface area contributed by atoms with Gasteiger partial charge < -0.3 is 5.11 Å². The second kappa shape index (κ2) is 3.21. The lowest BCUT2D eigenvalue weighted by molar-refractivity contribution is 0.289. The van der Waals surface area contributed by atoms with Gasteiger partial charge in [-0.25, -0.2) is 0 Å². The van der Waals surface area contributed by atoms with Crippen LogP contribution in [0.3, 0.4) is 0 Å². The van der Waals surface area contributed by atoms with Gasteiger partial charge in [-0.05, 0) is 43.1 Å². The van der Waals surface area contributed by atoms with Gasteiger partial charge in [-0.15, -0.1) is 0 Å². The summed E-state index contributed by atoms with van der Waals surface area (Å²) in [5, 5.41) is 9.07. The minimum atomic E-state index is 0.293. The van der Waals surface area contributed by atoms with Gasteiger partial charge >= 0.3 is 0 Å². The highest BCUT2D eigenvalue weighted by Gasteiger charge is 2.33. The van der Waals surface area contributed by atoms with Crippen LogP contribution in [0.4, 0.5) is 0 Å². The molecule has 1 N–H and O–H groups in total. The van der Waals surface area contributed by atoms with Crippen LogP contribution in [0.1, 0.15) is 44.9 Å². The molecule has 68 valence electrons. The van der Waals surface area contributed by atoms with E-state index in [4.69, 9.17) is 5.11 Å². The Morgan fingerprint density at radius 2 is 1.83 bits per heavy atom. The zero-order valence-electron chi connectivity index (χ0n) is 7.68. The number of aliphatic hydroxyl groups is 1. The summed E-state index contributed by atoms with van der Waals surface area (Å²) in [5.74, 6) is 0. The molecule has 0 saturated heterocycles. The number of hydrogen-bond acceptors (Lipinski definition) is 1. The molecule has 0 radical (unpaired) electrons. The lowest BCUT2D eigenvalue weighted by atomic mass is 9.75. The number of hydrogen-bond donors (Lipinski definition) is 1. The van der Waals surface area contributed by atoms with E-state index in [0.717, 1.165) is 6.42 Å². The van der Waals surface area contributed by atoms with Crippen LogP contribution in [0.5, 0.6) is 0 Å². The monoisotopic (exact) mass is 166 g/mol. The number of rotatable bonds is 1. The van der Waals surface area contributed by atoms with E-state index >= 15 is 0 Å². The SMILES string of the molecule is OCC1=CC2(CCCC2)CCC1. The van der Waals surface area contributed by atoms with Crippen LogP contribution in [0, 0.1) is 5.41 Å². The zero-order valence-corrected chi connectivity index (χ0v) is 7.68. The van der Waals surface area contributed by atoms with E-state index in [1.807, 2.05) is 0 Å². The molecule has 1 spiro atoms. The fraction of sp³-hybridized carbons (Fsp3) is 0.818. The van der Waals surface area contributed by atoms with Gasteiger partial charge in [0.05, 0.1) is 6.61 Å². The third kappa shape index (κ3) is 1.42. The van der Waals surface area contributed by atoms with E-state index in [2.05, 4.69) is 6.08 Å². The minimum Gasteiger partial charge on any atom is -0.392 e. The van der Waals surface area contributed by atoms with Gasteiger partial charge in [0.25, 0.3) is 0 Å². The Balaban J connectivity index is 2.14. The van der Waals surface area contributed by atoms with Crippen LogP contribution >= 0.6 is 0 Å². The van der Waals surface area contributed by atoms with Crippen molar-refractivity contribution >= 4 is 0 Å². The lowest BCUT2D eigenvalue weighted by Crippen LogP contribution is -2.18. The Bertz CT molecular complexity index is 187. The van der Waals surface area contributed by atoms with Gasteiger partial charge in [0.2, 0.25) is 0 Å². The Hall–Kier alpha value is -0.300. The average molecular weight is 166 g/mol. The normalized spacial score (nSPS) is 27.6. The highest BCUT2D eigenvalue weighted by molar-refractivity contribution is 5.15. The Morgan fingerprint density at radius 3 is 2.50 bits per heavy atom. The van der Waals surface area contributed by atoms with Crippen LogP contribution in [-0.2, 0) is 0 Å². The van der Waals surface area contributed by atoms with Crippen molar-refractivity contribution < 1.29 is 5.11 Å². The van der Waals surface area contributed by atoms with E-state index in [1.54, 1.807) is 0 Å². The minimum absolute atomic E-state index is 0.293. The molecule has 0 aromatic heterocycles. The standard InChI is InChI=1S/C11H18O/c12-9-10-4-3-7-11(8-10)5-1-2-6-11/h8,12H,1-7,9H2. The number of aliphatic hydroxyl groups excluding tert-OH is 1. The molecule has 1 fully saturated rings. The zero-order chi connectivity index (χ0) is 8.44. The van der Waals surface area contributed by atoms with Crippen molar-refractivity contribution in [2.24, 2.45) is 5.41 Å². The first-order valence-electron chi connectivity index (χ1n) is 5.16. The quantitative estimate of drug-likeness (QED) is 0.594. The maximum atomic E-state index is 9.07. The van der Waals surface area contributed by atoms with Gasteiger partial charge in [0, 0.05) is 0 Å². The second-order valence-electron chi connectivity index (χ2n) is 4.38. The maximum absolute atomic E-state index is 9.07. The molecule has 0 unspecified atom stereocenters. The summed E-state index contributed by atoms with van der Waals surface area (Å²) in [7, 11) is 0. The van der Waals surface area contributed by atoms with Crippen molar-refractivity contribution in [2.45, 2.75) is 44.9 Å². The van der Waals surface area contributed by atoms with Gasteiger partial charge in [0.15, 0.2) is 0 Å². The largest absolute Gasteiger partial charge is 0.392 e. The van der Waals surface area contributed by atoms with E-state index in [-0.39, 0.29) is 0 Å². The maximum Gasteiger partial charge on any atom is 0.0641 e. The molecule has 2 rings (SSSR count). The molecule has 1 saturated carbocycles. The van der Waals surface area contributed by atoms with Gasteiger partial charge in [-0.2, -0.15) is 0 Å². The van der Waals surface area contributed by atoms with E-state index in [1.165, 1.54) is 44.1 Å². The smallest absolute Gasteiger partial charge is 0.0641 e. The highest BCUT2D eigenvalue weighted by atomic mass is 16.3. The highest BCUT2D eigenvalue weighted by Crippen LogP contribution is 2.46. The van der Waals surface area contributed by atoms with Crippen LogP contribution < -0.4 is 0 Å². The summed E-state index contributed by atoms with van der Waals surface area (Å²) in [5.41, 5.74) is 1.82. The van der Waals surface area contributed by atoms with Crippen molar-refractivity contribution in [3.63, 3.8) is 0 Å². The predicted molar refractivity (Wildman–Crippen MR) is 49.9 cm³/mol. The summed E-state index contributed by atoms with van der Waals surface area (Å²) in [6.07, 6.45) is 11.7. The number of allylic oxidation sites excluding steroid dienone is 1. The molecule has 1 nitrogen and oxygen atoms in total. The van der Waals surface area contributed by atoms with Gasteiger partial charge in [0.1, 0.15) is 0 Å². The van der Waals surface area contributed by atoms with Crippen LogP contribution in [0.25, 0.3) is 0 Å². The third-order valence-corrected chi connectivity index (χ3v) is 3.49. The summed E-state index contributed by atoms with van der Waals surface area (Å²) in [6.45, 7) is 0.293. The summed E-state index contributed by atoms with van der Waals surface area (Å²) in [4.78, 5) is 0. The molecule has 0 aromatic rings. The van der Waals surface area contributed by atoms with Crippen LogP contribution in [-0.4, -0.2) is 11.7 Å². The van der Waals surface area contributed by atoms with Crippen molar-refractivity contribution in [3.05, 3.63) is 11.6 Å². The first-order chi connectivity index (χ1) is 5.85. The average Bonchev–Trinajstić information content (AvgIpc) is 2.53. The van der Waals surface area contributed by atoms with Gasteiger partial charge in [-0.3, -0.25) is 0 Å². The van der Waals surface area contributed by atoms with Crippen LogP contribution in [0.2, 0.25) is 0 Å². The topological polar surface area (TPSA) is 20.2 Å². The Morgan fingerprint density at radius 1 is 1.17 bits per heavy atom. The molecule has 2 aliphatic rings. The first kappa shape index (κ1) is 8.31. The molecular weight excluding hydrogens is 148 g/mol. The fourth-order valence-corrected chi connectivity index (χ4v) is 2.84. The van der Waals surface area contributed by atoms with E-state index < -0.39 is 0 Å². The van der Waals surface area contributed by atoms with Crippen LogP contribution in [0.15, 0.2) is 11.6 Å². The fourth-order valence-electron chi connectivity index (χ4n) is 2.84. The Labute approximate surface area is 74.5 Å². The third-order valence-electron chi connectivity index (χ3n) is 3.49. The summed E-state index contributed by atoms with van der Waals surface area (Å²) >= 11 is 0. The molecule has 2 aliphatic carbocycles. The van der Waals surface area contributed by atoms with Crippen molar-refractivity contribution in [2.75, 3.05) is 6.61 Å². The molecule has 0 heterocycles. The molecular formula is C11H18O. The molecule has 0 atom stereocenters. The summed E-state index contributed by atoms with van der Waals surface area (Å²) < 4.78 is 0. The van der Waals surface area contributed by atoms with E-state index in [9.17, 15) is 0 Å².